The molecule has 13 heteroatoms. The SMILES string of the molecule is COc1ccc2c(c1)C(=O)NCCCCc1c(C(=O)OC(C(F)(F)F)C(F)(F)F)ncn1-2. The molecule has 0 atom stereocenters. The van der Waals surface area contributed by atoms with E-state index in [1.807, 2.05) is 0 Å². The Balaban J connectivity index is 2.07. The molecule has 1 aromatic heterocycles. The Kier molecular flexibility index (Phi) is 6.37. The van der Waals surface area contributed by atoms with Crippen LogP contribution < -0.4 is 10.1 Å². The van der Waals surface area contributed by atoms with Gasteiger partial charge in [0.25, 0.3) is 12.0 Å². The third kappa shape index (κ3) is 4.81. The summed E-state index contributed by atoms with van der Waals surface area (Å²) in [6.07, 6.45) is -14.0. The highest BCUT2D eigenvalue weighted by Crippen LogP contribution is 2.36. The minimum Gasteiger partial charge on any atom is -0.497 e. The fraction of sp³-hybridized carbons (Fsp3) is 0.421. The van der Waals surface area contributed by atoms with Crippen LogP contribution in [0.5, 0.6) is 5.75 Å². The minimum absolute atomic E-state index is 0.0271. The maximum atomic E-state index is 12.8. The first-order chi connectivity index (χ1) is 14.9. The standard InChI is InChI=1S/C19H17F6N3O4/c1-31-10-5-6-12-11(8-10)15(29)26-7-3-2-4-13-14(27-9-28(12)13)16(30)32-17(18(20,21)22)19(23,24)25/h5-6,8-9,17H,2-4,7H2,1H3,(H,26,29). The second kappa shape index (κ2) is 8.71. The lowest BCUT2D eigenvalue weighted by molar-refractivity contribution is -0.307. The number of imidazole rings is 1. The number of aromatic nitrogens is 2. The summed E-state index contributed by atoms with van der Waals surface area (Å²) in [7, 11) is 1.38. The number of carbonyl (C=O) groups is 2. The van der Waals surface area contributed by atoms with Crippen molar-refractivity contribution in [3.8, 4) is 11.4 Å². The van der Waals surface area contributed by atoms with E-state index in [0.717, 1.165) is 6.33 Å². The molecule has 0 spiro atoms. The fourth-order valence-corrected chi connectivity index (χ4v) is 3.22. The zero-order valence-corrected chi connectivity index (χ0v) is 16.5. The molecule has 1 aliphatic heterocycles. The molecule has 1 aromatic carbocycles. The van der Waals surface area contributed by atoms with Crippen molar-refractivity contribution in [2.24, 2.45) is 0 Å². The molecule has 0 aliphatic carbocycles. The van der Waals surface area contributed by atoms with E-state index in [2.05, 4.69) is 15.0 Å². The van der Waals surface area contributed by atoms with E-state index in [9.17, 15) is 35.9 Å². The number of carbonyl (C=O) groups excluding carboxylic acids is 2. The lowest BCUT2D eigenvalue weighted by Crippen LogP contribution is -2.45. The third-order valence-corrected chi connectivity index (χ3v) is 4.71. The van der Waals surface area contributed by atoms with Gasteiger partial charge in [-0.3, -0.25) is 4.79 Å². The van der Waals surface area contributed by atoms with Crippen LogP contribution >= 0.6 is 0 Å². The van der Waals surface area contributed by atoms with Crippen molar-refractivity contribution in [1.29, 1.82) is 0 Å². The van der Waals surface area contributed by atoms with Gasteiger partial charge in [-0.15, -0.1) is 0 Å². The highest BCUT2D eigenvalue weighted by molar-refractivity contribution is 5.98. The number of ether oxygens (including phenoxy) is 2. The van der Waals surface area contributed by atoms with Crippen molar-refractivity contribution in [2.45, 2.75) is 37.7 Å². The molecular weight excluding hydrogens is 448 g/mol. The van der Waals surface area contributed by atoms with Crippen LogP contribution in [0.15, 0.2) is 24.5 Å². The Morgan fingerprint density at radius 1 is 1.16 bits per heavy atom. The topological polar surface area (TPSA) is 82.4 Å². The highest BCUT2D eigenvalue weighted by Gasteiger charge is 2.60. The van der Waals surface area contributed by atoms with Crippen LogP contribution in [0.2, 0.25) is 0 Å². The Morgan fingerprint density at radius 3 is 2.47 bits per heavy atom. The second-order valence-electron chi connectivity index (χ2n) is 6.87. The summed E-state index contributed by atoms with van der Waals surface area (Å²) in [4.78, 5) is 28.6. The molecule has 7 nitrogen and oxygen atoms in total. The Hall–Kier alpha value is -3.25. The van der Waals surface area contributed by atoms with Crippen LogP contribution in [-0.2, 0) is 11.2 Å². The van der Waals surface area contributed by atoms with Gasteiger partial charge in [0.1, 0.15) is 12.1 Å². The number of esters is 1. The number of fused-ring (bicyclic) bond motifs is 3. The number of nitrogens with one attached hydrogen (secondary N) is 1. The number of amides is 1. The summed E-state index contributed by atoms with van der Waals surface area (Å²) >= 11 is 0. The van der Waals surface area contributed by atoms with Gasteiger partial charge < -0.3 is 19.4 Å². The average Bonchev–Trinajstić information content (AvgIpc) is 3.12. The van der Waals surface area contributed by atoms with Gasteiger partial charge in [0.05, 0.1) is 24.1 Å². The van der Waals surface area contributed by atoms with Crippen LogP contribution in [0, 0.1) is 0 Å². The number of alkyl halides is 6. The van der Waals surface area contributed by atoms with Crippen molar-refractivity contribution < 1.29 is 45.4 Å². The molecule has 2 aromatic rings. The van der Waals surface area contributed by atoms with Gasteiger partial charge in [0, 0.05) is 6.54 Å². The maximum Gasteiger partial charge on any atom is 0.434 e. The lowest BCUT2D eigenvalue weighted by atomic mass is 10.1. The number of rotatable bonds is 3. The van der Waals surface area contributed by atoms with Gasteiger partial charge in [-0.25, -0.2) is 9.78 Å². The quantitative estimate of drug-likeness (QED) is 0.554. The van der Waals surface area contributed by atoms with Crippen LogP contribution in [0.25, 0.3) is 5.69 Å². The molecule has 1 aliphatic rings. The molecule has 0 saturated heterocycles. The molecule has 174 valence electrons. The van der Waals surface area contributed by atoms with Crippen LogP contribution in [-0.4, -0.2) is 53.5 Å². The second-order valence-corrected chi connectivity index (χ2v) is 6.87. The van der Waals surface area contributed by atoms with Crippen LogP contribution in [0.3, 0.4) is 0 Å². The molecule has 3 rings (SSSR count). The number of hydrogen-bond donors (Lipinski definition) is 1. The molecule has 2 heterocycles. The summed E-state index contributed by atoms with van der Waals surface area (Å²) in [5, 5.41) is 2.71. The van der Waals surface area contributed by atoms with Crippen molar-refractivity contribution >= 4 is 11.9 Å². The first kappa shape index (κ1) is 23.4. The van der Waals surface area contributed by atoms with Crippen LogP contribution in [0.1, 0.15) is 39.4 Å². The minimum atomic E-state index is -5.85. The zero-order valence-electron chi connectivity index (χ0n) is 16.5. The largest absolute Gasteiger partial charge is 0.497 e. The number of benzene rings is 1. The van der Waals surface area contributed by atoms with Gasteiger partial charge >= 0.3 is 18.3 Å². The van der Waals surface area contributed by atoms with E-state index in [-0.39, 0.29) is 29.9 Å². The van der Waals surface area contributed by atoms with E-state index in [1.54, 1.807) is 0 Å². The summed E-state index contributed by atoms with van der Waals surface area (Å²) in [6.45, 7) is 0.271. The van der Waals surface area contributed by atoms with Crippen molar-refractivity contribution in [3.05, 3.63) is 41.5 Å². The van der Waals surface area contributed by atoms with Crippen molar-refractivity contribution in [1.82, 2.24) is 14.9 Å². The van der Waals surface area contributed by atoms with Crippen molar-refractivity contribution in [3.63, 3.8) is 0 Å². The number of halogens is 6. The molecule has 1 amide bonds. The van der Waals surface area contributed by atoms with E-state index in [1.165, 1.54) is 29.9 Å². The summed E-state index contributed by atoms with van der Waals surface area (Å²) in [6, 6.07) is 4.38. The highest BCUT2D eigenvalue weighted by atomic mass is 19.4. The van der Waals surface area contributed by atoms with E-state index >= 15 is 0 Å². The van der Waals surface area contributed by atoms with E-state index in [4.69, 9.17) is 4.74 Å². The third-order valence-electron chi connectivity index (χ3n) is 4.71. The molecule has 0 fully saturated rings. The predicted octanol–water partition coefficient (Wildman–Crippen LogP) is 3.60. The number of methoxy groups -OCH3 is 1. The molecule has 0 radical (unpaired) electrons. The molecule has 0 bridgehead atoms. The van der Waals surface area contributed by atoms with Crippen LogP contribution in [0.4, 0.5) is 26.3 Å². The number of nitrogens with zero attached hydrogens (tertiary/aromatic N) is 2. The van der Waals surface area contributed by atoms with Gasteiger partial charge in [-0.05, 0) is 37.5 Å². The van der Waals surface area contributed by atoms with Gasteiger partial charge in [0.2, 0.25) is 0 Å². The average molecular weight is 465 g/mol. The Bertz CT molecular complexity index is 1000. The fourth-order valence-electron chi connectivity index (χ4n) is 3.22. The number of hydrogen-bond acceptors (Lipinski definition) is 5. The lowest BCUT2D eigenvalue weighted by Gasteiger charge is -2.22. The predicted molar refractivity (Wildman–Crippen MR) is 96.7 cm³/mol. The first-order valence-corrected chi connectivity index (χ1v) is 9.30. The summed E-state index contributed by atoms with van der Waals surface area (Å²) < 4.78 is 87.0. The molecule has 0 saturated carbocycles. The summed E-state index contributed by atoms with van der Waals surface area (Å²) in [5.41, 5.74) is -0.325. The van der Waals surface area contributed by atoms with Gasteiger partial charge in [-0.1, -0.05) is 0 Å². The Labute approximate surface area is 177 Å². The molecular formula is C19H17F6N3O4. The van der Waals surface area contributed by atoms with E-state index < -0.39 is 36.0 Å². The normalized spacial score (nSPS) is 14.9. The molecule has 32 heavy (non-hydrogen) atoms. The van der Waals surface area contributed by atoms with Gasteiger partial charge in [0.15, 0.2) is 5.69 Å². The first-order valence-electron chi connectivity index (χ1n) is 9.30. The Morgan fingerprint density at radius 2 is 1.84 bits per heavy atom. The van der Waals surface area contributed by atoms with Gasteiger partial charge in [-0.2, -0.15) is 26.3 Å². The smallest absolute Gasteiger partial charge is 0.434 e. The summed E-state index contributed by atoms with van der Waals surface area (Å²) in [5.74, 6) is -2.00. The zero-order chi connectivity index (χ0) is 23.7. The molecule has 1 N–H and O–H groups in total. The monoisotopic (exact) mass is 465 g/mol. The maximum absolute atomic E-state index is 12.8. The van der Waals surface area contributed by atoms with E-state index in [0.29, 0.717) is 18.6 Å². The van der Waals surface area contributed by atoms with Crippen molar-refractivity contribution in [2.75, 3.05) is 13.7 Å². The molecule has 0 unspecified atom stereocenters.